The van der Waals surface area contributed by atoms with Gasteiger partial charge in [-0.05, 0) is 54.3 Å². The van der Waals surface area contributed by atoms with Gasteiger partial charge in [-0.2, -0.15) is 13.2 Å². The van der Waals surface area contributed by atoms with Crippen LogP contribution in [0.4, 0.5) is 13.2 Å². The second-order valence-corrected chi connectivity index (χ2v) is 6.42. The van der Waals surface area contributed by atoms with Crippen LogP contribution >= 0.6 is 11.8 Å². The molecule has 3 atom stereocenters. The number of benzene rings is 1. The third-order valence-corrected chi connectivity index (χ3v) is 4.39. The summed E-state index contributed by atoms with van der Waals surface area (Å²) in [4.78, 5) is 0.202. The van der Waals surface area contributed by atoms with E-state index in [1.54, 1.807) is 12.1 Å². The fourth-order valence-corrected chi connectivity index (χ4v) is 2.76. The van der Waals surface area contributed by atoms with E-state index >= 15 is 0 Å². The summed E-state index contributed by atoms with van der Waals surface area (Å²) >= 11 is -0.0944. The van der Waals surface area contributed by atoms with Gasteiger partial charge in [-0.3, -0.25) is 0 Å². The van der Waals surface area contributed by atoms with Crippen LogP contribution in [0.25, 0.3) is 0 Å². The van der Waals surface area contributed by atoms with E-state index < -0.39 is 5.51 Å². The average Bonchev–Trinajstić information content (AvgIpc) is 3.06. The van der Waals surface area contributed by atoms with E-state index in [-0.39, 0.29) is 22.7 Å². The number of hydrogen-bond donors (Lipinski definition) is 2. The molecule has 1 aromatic rings. The Kier molecular flexibility index (Phi) is 4.99. The standard InChI is InChI=1S/C14H19F3N2S/c1-9-6-11(9)8-19-13(7-18)10-2-4-12(5-3-10)20-14(15,16)17/h2-5,9,11,13,19H,6-8,18H2,1H3. The molecule has 0 heterocycles. The van der Waals surface area contributed by atoms with E-state index in [2.05, 4.69) is 12.2 Å². The number of nitrogens with two attached hydrogens (primary N) is 1. The molecule has 0 bridgehead atoms. The Labute approximate surface area is 121 Å². The first kappa shape index (κ1) is 15.7. The highest BCUT2D eigenvalue weighted by Crippen LogP contribution is 2.38. The van der Waals surface area contributed by atoms with Crippen LogP contribution in [0.1, 0.15) is 24.9 Å². The van der Waals surface area contributed by atoms with E-state index in [9.17, 15) is 13.2 Å². The van der Waals surface area contributed by atoms with Crippen LogP contribution < -0.4 is 11.1 Å². The Morgan fingerprint density at radius 2 is 1.95 bits per heavy atom. The maximum Gasteiger partial charge on any atom is 0.446 e. The zero-order valence-corrected chi connectivity index (χ0v) is 12.1. The Morgan fingerprint density at radius 1 is 1.35 bits per heavy atom. The smallest absolute Gasteiger partial charge is 0.329 e. The van der Waals surface area contributed by atoms with Gasteiger partial charge >= 0.3 is 5.51 Å². The van der Waals surface area contributed by atoms with Gasteiger partial charge in [0.2, 0.25) is 0 Å². The van der Waals surface area contributed by atoms with Crippen LogP contribution in [0.3, 0.4) is 0 Å². The fourth-order valence-electron chi connectivity index (χ4n) is 2.22. The highest BCUT2D eigenvalue weighted by Gasteiger charge is 2.32. The lowest BCUT2D eigenvalue weighted by molar-refractivity contribution is -0.0328. The van der Waals surface area contributed by atoms with Crippen molar-refractivity contribution in [1.29, 1.82) is 0 Å². The van der Waals surface area contributed by atoms with Gasteiger partial charge in [0.1, 0.15) is 0 Å². The minimum Gasteiger partial charge on any atom is -0.329 e. The molecule has 0 aliphatic heterocycles. The molecule has 112 valence electrons. The molecule has 3 unspecified atom stereocenters. The molecular formula is C14H19F3N2S. The Morgan fingerprint density at radius 3 is 2.40 bits per heavy atom. The van der Waals surface area contributed by atoms with Crippen molar-refractivity contribution >= 4 is 11.8 Å². The third-order valence-electron chi connectivity index (χ3n) is 3.65. The van der Waals surface area contributed by atoms with E-state index in [4.69, 9.17) is 5.73 Å². The average molecular weight is 304 g/mol. The summed E-state index contributed by atoms with van der Waals surface area (Å²) in [6, 6.07) is 6.44. The van der Waals surface area contributed by atoms with E-state index in [0.29, 0.717) is 12.5 Å². The largest absolute Gasteiger partial charge is 0.446 e. The van der Waals surface area contributed by atoms with Crippen molar-refractivity contribution in [3.05, 3.63) is 29.8 Å². The first-order chi connectivity index (χ1) is 9.39. The van der Waals surface area contributed by atoms with Gasteiger partial charge in [-0.1, -0.05) is 19.1 Å². The number of halogens is 3. The summed E-state index contributed by atoms with van der Waals surface area (Å²) in [5, 5.41) is 3.39. The van der Waals surface area contributed by atoms with Crippen molar-refractivity contribution in [2.45, 2.75) is 29.8 Å². The van der Waals surface area contributed by atoms with Crippen molar-refractivity contribution < 1.29 is 13.2 Å². The number of thioether (sulfide) groups is 1. The Bertz CT molecular complexity index is 433. The molecule has 2 rings (SSSR count). The number of alkyl halides is 3. The van der Waals surface area contributed by atoms with Gasteiger partial charge in [0.15, 0.2) is 0 Å². The number of hydrogen-bond acceptors (Lipinski definition) is 3. The molecule has 20 heavy (non-hydrogen) atoms. The van der Waals surface area contributed by atoms with Crippen LogP contribution in [-0.2, 0) is 0 Å². The zero-order chi connectivity index (χ0) is 14.8. The lowest BCUT2D eigenvalue weighted by Crippen LogP contribution is -2.30. The van der Waals surface area contributed by atoms with Crippen molar-refractivity contribution in [3.8, 4) is 0 Å². The molecule has 1 aromatic carbocycles. The highest BCUT2D eigenvalue weighted by atomic mass is 32.2. The van der Waals surface area contributed by atoms with Gasteiger partial charge in [0.25, 0.3) is 0 Å². The summed E-state index contributed by atoms with van der Waals surface area (Å²) in [6.45, 7) is 3.57. The predicted octanol–water partition coefficient (Wildman–Crippen LogP) is 3.54. The molecule has 1 fully saturated rings. The minimum absolute atomic E-state index is 0.00716. The van der Waals surface area contributed by atoms with Gasteiger partial charge < -0.3 is 11.1 Å². The molecular weight excluding hydrogens is 285 g/mol. The van der Waals surface area contributed by atoms with Crippen LogP contribution in [0.5, 0.6) is 0 Å². The summed E-state index contributed by atoms with van der Waals surface area (Å²) < 4.78 is 36.8. The quantitative estimate of drug-likeness (QED) is 0.789. The lowest BCUT2D eigenvalue weighted by atomic mass is 10.1. The second kappa shape index (κ2) is 6.37. The number of nitrogens with one attached hydrogen (secondary N) is 1. The van der Waals surface area contributed by atoms with Crippen molar-refractivity contribution in [2.24, 2.45) is 17.6 Å². The summed E-state index contributed by atoms with van der Waals surface area (Å²) in [7, 11) is 0. The third kappa shape index (κ3) is 4.68. The predicted molar refractivity (Wildman–Crippen MR) is 75.4 cm³/mol. The van der Waals surface area contributed by atoms with Crippen molar-refractivity contribution in [1.82, 2.24) is 5.32 Å². The van der Waals surface area contributed by atoms with Crippen LogP contribution in [-0.4, -0.2) is 18.6 Å². The summed E-state index contributed by atoms with van der Waals surface area (Å²) in [6.07, 6.45) is 1.24. The SMILES string of the molecule is CC1CC1CNC(CN)c1ccc(SC(F)(F)F)cc1. The summed E-state index contributed by atoms with van der Waals surface area (Å²) in [5.41, 5.74) is 2.43. The maximum absolute atomic E-state index is 12.3. The molecule has 0 spiro atoms. The molecule has 1 saturated carbocycles. The normalized spacial score (nSPS) is 23.6. The van der Waals surface area contributed by atoms with E-state index in [1.807, 2.05) is 0 Å². The van der Waals surface area contributed by atoms with Crippen LogP contribution in [0.2, 0.25) is 0 Å². The topological polar surface area (TPSA) is 38.0 Å². The summed E-state index contributed by atoms with van der Waals surface area (Å²) in [5.74, 6) is 1.48. The number of rotatable bonds is 6. The zero-order valence-electron chi connectivity index (χ0n) is 11.3. The highest BCUT2D eigenvalue weighted by molar-refractivity contribution is 8.00. The van der Waals surface area contributed by atoms with Crippen molar-refractivity contribution in [2.75, 3.05) is 13.1 Å². The van der Waals surface area contributed by atoms with Gasteiger partial charge in [-0.15, -0.1) is 0 Å². The molecule has 0 amide bonds. The lowest BCUT2D eigenvalue weighted by Gasteiger charge is -2.17. The first-order valence-corrected chi connectivity index (χ1v) is 7.50. The molecule has 1 aliphatic carbocycles. The molecule has 2 nitrogen and oxygen atoms in total. The Balaban J connectivity index is 1.92. The van der Waals surface area contributed by atoms with E-state index in [1.165, 1.54) is 18.6 Å². The molecule has 3 N–H and O–H groups in total. The fraction of sp³-hybridized carbons (Fsp3) is 0.571. The Hall–Kier alpha value is -0.720. The van der Waals surface area contributed by atoms with Crippen molar-refractivity contribution in [3.63, 3.8) is 0 Å². The van der Waals surface area contributed by atoms with Crippen LogP contribution in [0.15, 0.2) is 29.2 Å². The molecule has 0 radical (unpaired) electrons. The molecule has 0 saturated heterocycles. The first-order valence-electron chi connectivity index (χ1n) is 6.68. The molecule has 6 heteroatoms. The monoisotopic (exact) mass is 304 g/mol. The minimum atomic E-state index is -4.24. The molecule has 0 aromatic heterocycles. The van der Waals surface area contributed by atoms with Gasteiger partial charge in [0.05, 0.1) is 0 Å². The second-order valence-electron chi connectivity index (χ2n) is 5.29. The van der Waals surface area contributed by atoms with Gasteiger partial charge in [0, 0.05) is 17.5 Å². The van der Waals surface area contributed by atoms with Gasteiger partial charge in [-0.25, -0.2) is 0 Å². The maximum atomic E-state index is 12.3. The van der Waals surface area contributed by atoms with E-state index in [0.717, 1.165) is 18.0 Å². The molecule has 1 aliphatic rings. The van der Waals surface area contributed by atoms with Crippen LogP contribution in [0, 0.1) is 11.8 Å².